The summed E-state index contributed by atoms with van der Waals surface area (Å²) in [5.41, 5.74) is 1.93. The van der Waals surface area contributed by atoms with Gasteiger partial charge in [0.1, 0.15) is 28.9 Å². The van der Waals surface area contributed by atoms with Gasteiger partial charge in [-0.2, -0.15) is 0 Å². The third-order valence-electron chi connectivity index (χ3n) is 9.85. The van der Waals surface area contributed by atoms with Gasteiger partial charge >= 0.3 is 5.97 Å². The van der Waals surface area contributed by atoms with E-state index in [0.29, 0.717) is 30.5 Å². The van der Waals surface area contributed by atoms with Gasteiger partial charge in [0, 0.05) is 30.1 Å². The Kier molecular flexibility index (Phi) is 8.16. The Balaban J connectivity index is 1.72. The summed E-state index contributed by atoms with van der Waals surface area (Å²) >= 11 is 0. The van der Waals surface area contributed by atoms with Gasteiger partial charge < -0.3 is 36.2 Å². The minimum absolute atomic E-state index is 0.0401. The number of phenols is 1. The second kappa shape index (κ2) is 11.3. The number of nitrogens with two attached hydrogens (primary N) is 1. The number of carbonyl (C=O) groups excluding carboxylic acids is 4. The van der Waals surface area contributed by atoms with Crippen molar-refractivity contribution in [2.45, 2.75) is 77.2 Å². The van der Waals surface area contributed by atoms with Gasteiger partial charge in [0.15, 0.2) is 11.4 Å². The van der Waals surface area contributed by atoms with E-state index in [0.717, 1.165) is 6.42 Å². The van der Waals surface area contributed by atoms with Crippen LogP contribution in [0.4, 0.5) is 0 Å². The first-order valence-corrected chi connectivity index (χ1v) is 15.3. The molecule has 1 aromatic carbocycles. The highest BCUT2D eigenvalue weighted by atomic mass is 16.5. The van der Waals surface area contributed by atoms with Crippen molar-refractivity contribution in [3.8, 4) is 5.75 Å². The Bertz CT molecular complexity index is 1530. The Morgan fingerprint density at radius 2 is 1.78 bits per heavy atom. The van der Waals surface area contributed by atoms with E-state index in [1.807, 2.05) is 0 Å². The normalized spacial score (nSPS) is 30.1. The number of primary amides is 1. The summed E-state index contributed by atoms with van der Waals surface area (Å²) in [7, 11) is 3.05. The molecule has 0 unspecified atom stereocenters. The van der Waals surface area contributed by atoms with Crippen molar-refractivity contribution in [1.82, 2.24) is 10.2 Å². The summed E-state index contributed by atoms with van der Waals surface area (Å²) in [5.74, 6) is -9.89. The van der Waals surface area contributed by atoms with E-state index in [1.54, 1.807) is 19.1 Å². The number of nitrogens with zero attached hydrogens (tertiary/aromatic N) is 1. The molecule has 1 amide bonds. The number of benzene rings is 1. The number of Topliss-reactive ketones (excluding diaryl/α,β-unsaturated/α-hetero) is 2. The summed E-state index contributed by atoms with van der Waals surface area (Å²) in [6.45, 7) is 8.77. The van der Waals surface area contributed by atoms with E-state index >= 15 is 0 Å². The number of phenolic OH excluding ortho intramolecular Hbond substituents is 1. The fraction of sp³-hybridized carbons (Fsp3) is 0.576. The molecular formula is C33H43N3O9. The molecule has 45 heavy (non-hydrogen) atoms. The standard InChI is InChI=1S/C33H43N3O9/c1-14-17-11-10-16(12-35-13-32(2,3)4)24(37)19(17)25(38)20-18(14)27(45-31(43)15-8-7-9-15)22-23(36(5)6)26(39)21(30(34)42)29(41)33(22,44)28(20)40/h10-11,14-15,18,22-23,27,35,37,39-40,44H,7-9,12-13H2,1-6H3,(H2,34,42)/t14-,18+,22+,23-,27-,33-/m0/s1. The molecule has 0 radical (unpaired) electrons. The molecule has 1 aromatic rings. The molecule has 4 aliphatic rings. The predicted octanol–water partition coefficient (Wildman–Crippen LogP) is 2.14. The molecule has 4 aliphatic carbocycles. The molecule has 0 aromatic heterocycles. The number of ketones is 2. The zero-order valence-electron chi connectivity index (χ0n) is 26.5. The van der Waals surface area contributed by atoms with Crippen molar-refractivity contribution >= 4 is 23.4 Å². The van der Waals surface area contributed by atoms with E-state index in [1.165, 1.54) is 19.0 Å². The van der Waals surface area contributed by atoms with Crippen molar-refractivity contribution in [2.75, 3.05) is 20.6 Å². The number of esters is 1. The lowest BCUT2D eigenvalue weighted by atomic mass is 9.55. The molecule has 0 bridgehead atoms. The summed E-state index contributed by atoms with van der Waals surface area (Å²) in [5, 5.41) is 49.9. The fourth-order valence-electron chi connectivity index (χ4n) is 7.37. The second-order valence-electron chi connectivity index (χ2n) is 14.3. The predicted molar refractivity (Wildman–Crippen MR) is 162 cm³/mol. The fourth-order valence-corrected chi connectivity index (χ4v) is 7.37. The highest BCUT2D eigenvalue weighted by Gasteiger charge is 2.68. The zero-order valence-corrected chi connectivity index (χ0v) is 26.5. The molecule has 0 saturated heterocycles. The van der Waals surface area contributed by atoms with Crippen LogP contribution < -0.4 is 11.1 Å². The number of aromatic hydroxyl groups is 1. The number of fused-ring (bicyclic) bond motifs is 3. The number of hydrogen-bond acceptors (Lipinski definition) is 11. The molecule has 12 heteroatoms. The highest BCUT2D eigenvalue weighted by Crippen LogP contribution is 2.56. The first-order chi connectivity index (χ1) is 20.9. The third-order valence-corrected chi connectivity index (χ3v) is 9.85. The number of likely N-dealkylation sites (N-methyl/N-ethyl adjacent to an activating group) is 1. The van der Waals surface area contributed by atoms with Gasteiger partial charge in [-0.25, -0.2) is 0 Å². The maximum Gasteiger partial charge on any atom is 0.309 e. The zero-order chi connectivity index (χ0) is 33.3. The molecular weight excluding hydrogens is 582 g/mol. The first kappa shape index (κ1) is 32.6. The van der Waals surface area contributed by atoms with Crippen molar-refractivity contribution < 1.29 is 44.3 Å². The van der Waals surface area contributed by atoms with Crippen LogP contribution in [0.25, 0.3) is 0 Å². The van der Waals surface area contributed by atoms with E-state index in [-0.39, 0.29) is 23.3 Å². The number of aliphatic hydroxyl groups excluding tert-OH is 2. The molecule has 0 aliphatic heterocycles. The Labute approximate surface area is 261 Å². The quantitative estimate of drug-likeness (QED) is 0.192. The number of carbonyl (C=O) groups is 4. The van der Waals surface area contributed by atoms with Crippen LogP contribution in [0.5, 0.6) is 5.75 Å². The molecule has 0 spiro atoms. The monoisotopic (exact) mass is 625 g/mol. The number of hydrogen-bond donors (Lipinski definition) is 6. The van der Waals surface area contributed by atoms with Crippen LogP contribution in [0, 0.1) is 23.2 Å². The van der Waals surface area contributed by atoms with E-state index in [2.05, 4.69) is 26.1 Å². The van der Waals surface area contributed by atoms with Crippen LogP contribution in [-0.4, -0.2) is 87.2 Å². The lowest BCUT2D eigenvalue weighted by Gasteiger charge is -2.54. The maximum absolute atomic E-state index is 14.3. The summed E-state index contributed by atoms with van der Waals surface area (Å²) < 4.78 is 6.10. The lowest BCUT2D eigenvalue weighted by molar-refractivity contribution is -0.185. The molecule has 244 valence electrons. The second-order valence-corrected chi connectivity index (χ2v) is 14.3. The molecule has 0 heterocycles. The number of rotatable bonds is 7. The van der Waals surface area contributed by atoms with Crippen molar-refractivity contribution in [3.63, 3.8) is 0 Å². The van der Waals surface area contributed by atoms with Crippen LogP contribution in [0.15, 0.2) is 34.8 Å². The average molecular weight is 626 g/mol. The molecule has 1 fully saturated rings. The van der Waals surface area contributed by atoms with Crippen molar-refractivity contribution in [2.24, 2.45) is 28.9 Å². The van der Waals surface area contributed by atoms with E-state index in [9.17, 15) is 39.6 Å². The SMILES string of the molecule is C[C@H]1c2ccc(CNCC(C)(C)C)c(O)c2C(=O)C2=C(O)[C@]3(O)C(=O)C(C(N)=O)=C(O)[C@@H](N(C)C)[C@@H]3[C@@H](OC(=O)C3CCC3)[C@@H]21. The summed E-state index contributed by atoms with van der Waals surface area (Å²) in [4.78, 5) is 55.4. The van der Waals surface area contributed by atoms with Crippen LogP contribution in [0.2, 0.25) is 0 Å². The topological polar surface area (TPSA) is 200 Å². The van der Waals surface area contributed by atoms with Gasteiger partial charge in [0.2, 0.25) is 5.78 Å². The number of ether oxygens (including phenoxy) is 1. The van der Waals surface area contributed by atoms with Crippen LogP contribution in [-0.2, 0) is 25.7 Å². The van der Waals surface area contributed by atoms with Crippen molar-refractivity contribution in [3.05, 3.63) is 51.5 Å². The van der Waals surface area contributed by atoms with E-state index in [4.69, 9.17) is 10.5 Å². The molecule has 12 nitrogen and oxygen atoms in total. The van der Waals surface area contributed by atoms with Gasteiger partial charge in [-0.05, 0) is 43.8 Å². The number of nitrogens with one attached hydrogen (secondary N) is 1. The average Bonchev–Trinajstić information content (AvgIpc) is 2.89. The maximum atomic E-state index is 14.3. The third kappa shape index (κ3) is 5.03. The molecule has 6 atom stereocenters. The summed E-state index contributed by atoms with van der Waals surface area (Å²) in [6.07, 6.45) is 0.600. The van der Waals surface area contributed by atoms with Crippen LogP contribution >= 0.6 is 0 Å². The molecule has 7 N–H and O–H groups in total. The number of aliphatic hydroxyl groups is 3. The van der Waals surface area contributed by atoms with E-state index < -0.39 is 87.5 Å². The minimum atomic E-state index is -2.96. The number of amides is 1. The Morgan fingerprint density at radius 1 is 1.13 bits per heavy atom. The van der Waals surface area contributed by atoms with Crippen molar-refractivity contribution in [1.29, 1.82) is 0 Å². The van der Waals surface area contributed by atoms with Gasteiger partial charge in [-0.3, -0.25) is 24.1 Å². The lowest BCUT2D eigenvalue weighted by Crippen LogP contribution is -2.69. The molecule has 1 saturated carbocycles. The largest absolute Gasteiger partial charge is 0.510 e. The highest BCUT2D eigenvalue weighted by molar-refractivity contribution is 6.25. The smallest absolute Gasteiger partial charge is 0.309 e. The Morgan fingerprint density at radius 3 is 2.31 bits per heavy atom. The molecule has 5 rings (SSSR count). The minimum Gasteiger partial charge on any atom is -0.510 e. The van der Waals surface area contributed by atoms with Gasteiger partial charge in [-0.15, -0.1) is 0 Å². The van der Waals surface area contributed by atoms with Gasteiger partial charge in [-0.1, -0.05) is 46.2 Å². The van der Waals surface area contributed by atoms with Gasteiger partial charge in [0.05, 0.1) is 23.4 Å². The van der Waals surface area contributed by atoms with Crippen LogP contribution in [0.3, 0.4) is 0 Å². The van der Waals surface area contributed by atoms with Gasteiger partial charge in [0.25, 0.3) is 5.91 Å². The van der Waals surface area contributed by atoms with Crippen LogP contribution in [0.1, 0.15) is 74.4 Å². The summed E-state index contributed by atoms with van der Waals surface area (Å²) in [6, 6.07) is 2.10. The Hall–Kier alpha value is -3.74. The first-order valence-electron chi connectivity index (χ1n) is 15.3.